The number of nitrogens with zero attached hydrogens (tertiary/aromatic N) is 3. The summed E-state index contributed by atoms with van der Waals surface area (Å²) in [6.07, 6.45) is 3.13. The molecule has 4 aromatic rings. The maximum absolute atomic E-state index is 12.7. The van der Waals surface area contributed by atoms with Gasteiger partial charge in [-0.05, 0) is 26.0 Å². The lowest BCUT2D eigenvalue weighted by Gasteiger charge is -2.04. The summed E-state index contributed by atoms with van der Waals surface area (Å²) >= 11 is 0. The third-order valence-corrected chi connectivity index (χ3v) is 4.63. The van der Waals surface area contributed by atoms with Crippen LogP contribution in [0.5, 0.6) is 0 Å². The van der Waals surface area contributed by atoms with Crippen molar-refractivity contribution < 1.29 is 18.5 Å². The van der Waals surface area contributed by atoms with Crippen molar-refractivity contribution in [3.63, 3.8) is 0 Å². The molecule has 0 spiro atoms. The van der Waals surface area contributed by atoms with Gasteiger partial charge < -0.3 is 19.6 Å². The first-order valence-electron chi connectivity index (χ1n) is 9.76. The number of benzene rings is 1. The number of hydrogen-bond donors (Lipinski definition) is 2. The highest BCUT2D eigenvalue weighted by Gasteiger charge is 2.21. The normalized spacial score (nSPS) is 10.8. The number of rotatable bonds is 7. The highest BCUT2D eigenvalue weighted by atomic mass is 16.5. The smallest absolute Gasteiger partial charge is 0.277 e. The Bertz CT molecular complexity index is 1190. The van der Waals surface area contributed by atoms with Gasteiger partial charge in [-0.1, -0.05) is 35.0 Å². The number of hydrogen-bond acceptors (Lipinski definition) is 6. The zero-order chi connectivity index (χ0) is 21.8. The molecule has 0 aliphatic rings. The first-order chi connectivity index (χ1) is 15.0. The summed E-state index contributed by atoms with van der Waals surface area (Å²) in [5, 5.41) is 13.5. The molecule has 4 rings (SSSR count). The first kappa shape index (κ1) is 20.1. The van der Waals surface area contributed by atoms with Crippen molar-refractivity contribution >= 4 is 17.5 Å². The number of anilines is 1. The van der Waals surface area contributed by atoms with E-state index >= 15 is 0 Å². The van der Waals surface area contributed by atoms with Crippen LogP contribution in [-0.4, -0.2) is 26.8 Å². The van der Waals surface area contributed by atoms with E-state index in [0.29, 0.717) is 18.1 Å². The van der Waals surface area contributed by atoms with Gasteiger partial charge in [0.2, 0.25) is 0 Å². The molecule has 9 nitrogen and oxygen atoms in total. The lowest BCUT2D eigenvalue weighted by Crippen LogP contribution is -2.25. The molecule has 0 aliphatic heterocycles. The Hall–Kier alpha value is -4.14. The maximum atomic E-state index is 12.7. The van der Waals surface area contributed by atoms with Gasteiger partial charge in [0.25, 0.3) is 11.8 Å². The standard InChI is InChI=1S/C22H21N5O4/c1-3-27-13-18(20(25-27)22(29)23-12-16-5-4-10-30-16)24-21(28)17-11-19(31-26-17)15-8-6-14(2)7-9-15/h4-11,13H,3,12H2,1-2H3,(H,23,29)(H,24,28). The summed E-state index contributed by atoms with van der Waals surface area (Å²) in [6, 6.07) is 12.7. The van der Waals surface area contributed by atoms with Crippen molar-refractivity contribution in [2.24, 2.45) is 0 Å². The number of aromatic nitrogens is 3. The zero-order valence-electron chi connectivity index (χ0n) is 17.1. The average Bonchev–Trinajstić information content (AvgIpc) is 3.53. The average molecular weight is 419 g/mol. The molecule has 0 radical (unpaired) electrons. The van der Waals surface area contributed by atoms with Crippen LogP contribution >= 0.6 is 0 Å². The largest absolute Gasteiger partial charge is 0.467 e. The van der Waals surface area contributed by atoms with E-state index in [0.717, 1.165) is 11.1 Å². The summed E-state index contributed by atoms with van der Waals surface area (Å²) in [5.41, 5.74) is 2.41. The van der Waals surface area contributed by atoms with Gasteiger partial charge in [-0.25, -0.2) is 0 Å². The summed E-state index contributed by atoms with van der Waals surface area (Å²) in [7, 11) is 0. The zero-order valence-corrected chi connectivity index (χ0v) is 17.1. The SMILES string of the molecule is CCn1cc(NC(=O)c2cc(-c3ccc(C)cc3)on2)c(C(=O)NCc2ccco2)n1. The van der Waals surface area contributed by atoms with Crippen LogP contribution in [0.2, 0.25) is 0 Å². The summed E-state index contributed by atoms with van der Waals surface area (Å²) in [5.74, 6) is 0.156. The van der Waals surface area contributed by atoms with Crippen LogP contribution in [0.25, 0.3) is 11.3 Å². The third-order valence-electron chi connectivity index (χ3n) is 4.63. The fraction of sp³-hybridized carbons (Fsp3) is 0.182. The fourth-order valence-electron chi connectivity index (χ4n) is 2.93. The molecule has 3 heterocycles. The molecule has 2 amide bonds. The minimum atomic E-state index is -0.502. The van der Waals surface area contributed by atoms with E-state index in [1.165, 1.54) is 6.26 Å². The number of nitrogens with one attached hydrogen (secondary N) is 2. The van der Waals surface area contributed by atoms with Crippen LogP contribution in [0.15, 0.2) is 63.9 Å². The molecule has 0 unspecified atom stereocenters. The molecule has 0 fully saturated rings. The van der Waals surface area contributed by atoms with Gasteiger partial charge >= 0.3 is 0 Å². The molecule has 0 saturated heterocycles. The molecule has 0 atom stereocenters. The van der Waals surface area contributed by atoms with E-state index in [-0.39, 0.29) is 23.6 Å². The minimum Gasteiger partial charge on any atom is -0.467 e. The second kappa shape index (κ2) is 8.70. The monoisotopic (exact) mass is 419 g/mol. The van der Waals surface area contributed by atoms with Gasteiger partial charge in [0.1, 0.15) is 5.76 Å². The lowest BCUT2D eigenvalue weighted by molar-refractivity contribution is 0.0943. The van der Waals surface area contributed by atoms with Gasteiger partial charge in [-0.15, -0.1) is 0 Å². The Morgan fingerprint density at radius 1 is 1.13 bits per heavy atom. The van der Waals surface area contributed by atoms with E-state index in [1.807, 2.05) is 38.1 Å². The van der Waals surface area contributed by atoms with Crippen molar-refractivity contribution in [3.8, 4) is 11.3 Å². The molecule has 158 valence electrons. The molecule has 0 saturated carbocycles. The van der Waals surface area contributed by atoms with E-state index in [4.69, 9.17) is 8.94 Å². The van der Waals surface area contributed by atoms with Crippen molar-refractivity contribution in [1.29, 1.82) is 0 Å². The molecule has 1 aromatic carbocycles. The Kier molecular flexibility index (Phi) is 5.65. The van der Waals surface area contributed by atoms with E-state index < -0.39 is 11.8 Å². The topological polar surface area (TPSA) is 115 Å². The second-order valence-electron chi connectivity index (χ2n) is 6.91. The predicted octanol–water partition coefficient (Wildman–Crippen LogP) is 3.64. The van der Waals surface area contributed by atoms with Crippen LogP contribution in [0, 0.1) is 6.92 Å². The second-order valence-corrected chi connectivity index (χ2v) is 6.91. The van der Waals surface area contributed by atoms with Crippen molar-refractivity contribution in [1.82, 2.24) is 20.3 Å². The van der Waals surface area contributed by atoms with E-state index in [9.17, 15) is 9.59 Å². The van der Waals surface area contributed by atoms with Crippen molar-refractivity contribution in [3.05, 3.63) is 77.6 Å². The Morgan fingerprint density at radius 2 is 1.94 bits per heavy atom. The summed E-state index contributed by atoms with van der Waals surface area (Å²) < 4.78 is 12.1. The molecule has 3 aromatic heterocycles. The molecular formula is C22H21N5O4. The van der Waals surface area contributed by atoms with E-state index in [2.05, 4.69) is 20.9 Å². The van der Waals surface area contributed by atoms with Crippen molar-refractivity contribution in [2.75, 3.05) is 5.32 Å². The maximum Gasteiger partial charge on any atom is 0.277 e. The van der Waals surface area contributed by atoms with Crippen molar-refractivity contribution in [2.45, 2.75) is 26.9 Å². The number of furan rings is 1. The minimum absolute atomic E-state index is 0.0989. The molecule has 0 bridgehead atoms. The van der Waals surface area contributed by atoms with Gasteiger partial charge in [-0.3, -0.25) is 14.3 Å². The number of carbonyl (C=O) groups is 2. The van der Waals surface area contributed by atoms with Gasteiger partial charge in [-0.2, -0.15) is 5.10 Å². The third kappa shape index (κ3) is 4.55. The van der Waals surface area contributed by atoms with Crippen LogP contribution in [0.3, 0.4) is 0 Å². The number of amides is 2. The lowest BCUT2D eigenvalue weighted by atomic mass is 10.1. The molecule has 31 heavy (non-hydrogen) atoms. The van der Waals surface area contributed by atoms with Crippen LogP contribution in [0.4, 0.5) is 5.69 Å². The summed E-state index contributed by atoms with van der Waals surface area (Å²) in [4.78, 5) is 25.3. The number of aryl methyl sites for hydroxylation is 2. The number of carbonyl (C=O) groups excluding carboxylic acids is 2. The highest BCUT2D eigenvalue weighted by molar-refractivity contribution is 6.07. The molecule has 2 N–H and O–H groups in total. The summed E-state index contributed by atoms with van der Waals surface area (Å²) in [6.45, 7) is 4.62. The first-order valence-corrected chi connectivity index (χ1v) is 9.76. The highest BCUT2D eigenvalue weighted by Crippen LogP contribution is 2.22. The van der Waals surface area contributed by atoms with Crippen LogP contribution in [0.1, 0.15) is 39.2 Å². The van der Waals surface area contributed by atoms with Gasteiger partial charge in [0.05, 0.1) is 18.5 Å². The molecule has 0 aliphatic carbocycles. The fourth-order valence-corrected chi connectivity index (χ4v) is 2.93. The Labute approximate surface area is 178 Å². The van der Waals surface area contributed by atoms with Crippen LogP contribution < -0.4 is 10.6 Å². The Balaban J connectivity index is 1.49. The van der Waals surface area contributed by atoms with Gasteiger partial charge in [0, 0.05) is 24.4 Å². The molecule has 9 heteroatoms. The van der Waals surface area contributed by atoms with Gasteiger partial charge in [0.15, 0.2) is 17.1 Å². The van der Waals surface area contributed by atoms with Crippen LogP contribution in [-0.2, 0) is 13.1 Å². The predicted molar refractivity (Wildman–Crippen MR) is 112 cm³/mol. The van der Waals surface area contributed by atoms with E-state index in [1.54, 1.807) is 29.1 Å². The quantitative estimate of drug-likeness (QED) is 0.473. The Morgan fingerprint density at radius 3 is 2.65 bits per heavy atom. The molecular weight excluding hydrogens is 398 g/mol.